The van der Waals surface area contributed by atoms with E-state index in [4.69, 9.17) is 0 Å². The van der Waals surface area contributed by atoms with Crippen molar-refractivity contribution in [2.45, 2.75) is 38.6 Å². The Hall–Kier alpha value is -1.99. The van der Waals surface area contributed by atoms with Gasteiger partial charge in [0.2, 0.25) is 0 Å². The number of benzene rings is 1. The number of carbonyl (C=O) groups excluding carboxylic acids is 1. The molecule has 24 heavy (non-hydrogen) atoms. The molecule has 2 rings (SSSR count). The average Bonchev–Trinajstić information content (AvgIpc) is 3.02. The van der Waals surface area contributed by atoms with Crippen LogP contribution in [-0.4, -0.2) is 53.1 Å². The van der Waals surface area contributed by atoms with E-state index in [0.29, 0.717) is 17.7 Å². The molecule has 0 aliphatic carbocycles. The van der Waals surface area contributed by atoms with Gasteiger partial charge < -0.3 is 10.4 Å². The summed E-state index contributed by atoms with van der Waals surface area (Å²) in [6.45, 7) is 4.36. The number of nitro groups is 1. The number of amides is 1. The standard InChI is InChI=1S/C17H25N3O4/c1-13-6-7-14(11-16(13)20(23)24)17(22)18-8-2-3-9-19-10-4-5-15(19)12-21/h6-7,11,15,21H,2-5,8-10,12H2,1H3,(H,18,22). The van der Waals surface area contributed by atoms with Gasteiger partial charge in [0.15, 0.2) is 0 Å². The van der Waals surface area contributed by atoms with E-state index in [2.05, 4.69) is 10.2 Å². The number of nitro benzene ring substituents is 1. The lowest BCUT2D eigenvalue weighted by Gasteiger charge is -2.22. The number of likely N-dealkylation sites (tertiary alicyclic amines) is 1. The lowest BCUT2D eigenvalue weighted by atomic mass is 10.1. The quantitative estimate of drug-likeness (QED) is 0.429. The summed E-state index contributed by atoms with van der Waals surface area (Å²) in [6.07, 6.45) is 3.98. The Labute approximate surface area is 141 Å². The number of aliphatic hydroxyl groups is 1. The molecule has 1 aromatic carbocycles. The fourth-order valence-corrected chi connectivity index (χ4v) is 3.09. The van der Waals surface area contributed by atoms with Gasteiger partial charge in [-0.15, -0.1) is 0 Å². The molecule has 7 heteroatoms. The molecule has 1 aromatic rings. The number of carbonyl (C=O) groups is 1. The maximum Gasteiger partial charge on any atom is 0.273 e. The smallest absolute Gasteiger partial charge is 0.273 e. The van der Waals surface area contributed by atoms with E-state index in [1.54, 1.807) is 19.1 Å². The first kappa shape index (κ1) is 18.4. The predicted octanol–water partition coefficient (Wildman–Crippen LogP) is 1.87. The van der Waals surface area contributed by atoms with Crippen molar-refractivity contribution in [1.82, 2.24) is 10.2 Å². The molecular formula is C17H25N3O4. The van der Waals surface area contributed by atoms with Gasteiger partial charge in [0.05, 0.1) is 11.5 Å². The monoisotopic (exact) mass is 335 g/mol. The molecule has 1 atom stereocenters. The minimum atomic E-state index is -0.472. The van der Waals surface area contributed by atoms with Crippen LogP contribution in [0.1, 0.15) is 41.6 Å². The van der Waals surface area contributed by atoms with Crippen LogP contribution in [0.25, 0.3) is 0 Å². The Bertz CT molecular complexity index is 591. The molecule has 1 fully saturated rings. The minimum Gasteiger partial charge on any atom is -0.395 e. The summed E-state index contributed by atoms with van der Waals surface area (Å²) < 4.78 is 0. The van der Waals surface area contributed by atoms with Crippen molar-refractivity contribution in [2.75, 3.05) is 26.2 Å². The molecular weight excluding hydrogens is 310 g/mol. The van der Waals surface area contributed by atoms with E-state index in [-0.39, 0.29) is 24.2 Å². The maximum atomic E-state index is 12.1. The number of nitrogens with zero attached hydrogens (tertiary/aromatic N) is 2. The van der Waals surface area contributed by atoms with Gasteiger partial charge in [-0.05, 0) is 51.8 Å². The summed E-state index contributed by atoms with van der Waals surface area (Å²) in [4.78, 5) is 24.8. The molecule has 1 aliphatic heterocycles. The zero-order valence-electron chi connectivity index (χ0n) is 14.0. The van der Waals surface area contributed by atoms with E-state index in [9.17, 15) is 20.0 Å². The van der Waals surface area contributed by atoms with Crippen molar-refractivity contribution in [1.29, 1.82) is 0 Å². The van der Waals surface area contributed by atoms with Crippen LogP contribution in [-0.2, 0) is 0 Å². The number of rotatable bonds is 8. The van der Waals surface area contributed by atoms with E-state index in [1.165, 1.54) is 6.07 Å². The molecule has 1 aliphatic rings. The molecule has 1 unspecified atom stereocenters. The van der Waals surface area contributed by atoms with Crippen LogP contribution in [0.2, 0.25) is 0 Å². The van der Waals surface area contributed by atoms with Crippen molar-refractivity contribution in [2.24, 2.45) is 0 Å². The summed E-state index contributed by atoms with van der Waals surface area (Å²) in [5.74, 6) is -0.285. The summed E-state index contributed by atoms with van der Waals surface area (Å²) in [7, 11) is 0. The fraction of sp³-hybridized carbons (Fsp3) is 0.588. The molecule has 1 amide bonds. The molecule has 2 N–H and O–H groups in total. The van der Waals surface area contributed by atoms with Crippen LogP contribution in [0, 0.1) is 17.0 Å². The van der Waals surface area contributed by atoms with E-state index in [1.807, 2.05) is 0 Å². The SMILES string of the molecule is Cc1ccc(C(=O)NCCCCN2CCCC2CO)cc1[N+](=O)[O-]. The number of unbranched alkanes of at least 4 members (excludes halogenated alkanes) is 1. The van der Waals surface area contributed by atoms with Crippen molar-refractivity contribution in [3.05, 3.63) is 39.4 Å². The molecule has 132 valence electrons. The Morgan fingerprint density at radius 2 is 2.25 bits per heavy atom. The van der Waals surface area contributed by atoms with Crippen molar-refractivity contribution >= 4 is 11.6 Å². The highest BCUT2D eigenvalue weighted by Gasteiger charge is 2.22. The predicted molar refractivity (Wildman–Crippen MR) is 91.1 cm³/mol. The second-order valence-electron chi connectivity index (χ2n) is 6.24. The summed E-state index contributed by atoms with van der Waals surface area (Å²) in [5, 5.41) is 23.0. The van der Waals surface area contributed by atoms with E-state index < -0.39 is 4.92 Å². The highest BCUT2D eigenvalue weighted by atomic mass is 16.6. The van der Waals surface area contributed by atoms with Gasteiger partial charge in [0.1, 0.15) is 0 Å². The van der Waals surface area contributed by atoms with Gasteiger partial charge in [0.25, 0.3) is 11.6 Å². The number of hydrogen-bond donors (Lipinski definition) is 2. The van der Waals surface area contributed by atoms with Gasteiger partial charge >= 0.3 is 0 Å². The Kier molecular flexibility index (Phi) is 6.69. The lowest BCUT2D eigenvalue weighted by molar-refractivity contribution is -0.385. The van der Waals surface area contributed by atoms with Crippen LogP contribution in [0.4, 0.5) is 5.69 Å². The second kappa shape index (κ2) is 8.75. The lowest BCUT2D eigenvalue weighted by Crippen LogP contribution is -2.33. The first-order valence-electron chi connectivity index (χ1n) is 8.41. The molecule has 7 nitrogen and oxygen atoms in total. The molecule has 0 bridgehead atoms. The molecule has 0 radical (unpaired) electrons. The molecule has 0 aromatic heterocycles. The largest absolute Gasteiger partial charge is 0.395 e. The molecule has 1 heterocycles. The second-order valence-corrected chi connectivity index (χ2v) is 6.24. The third kappa shape index (κ3) is 4.75. The zero-order valence-corrected chi connectivity index (χ0v) is 14.0. The topological polar surface area (TPSA) is 95.7 Å². The van der Waals surface area contributed by atoms with Crippen LogP contribution in [0.15, 0.2) is 18.2 Å². The van der Waals surface area contributed by atoms with E-state index in [0.717, 1.165) is 38.8 Å². The van der Waals surface area contributed by atoms with Crippen LogP contribution >= 0.6 is 0 Å². The van der Waals surface area contributed by atoms with Crippen LogP contribution in [0.5, 0.6) is 0 Å². The average molecular weight is 335 g/mol. The Balaban J connectivity index is 1.73. The first-order chi connectivity index (χ1) is 11.5. The normalized spacial score (nSPS) is 17.8. The fourth-order valence-electron chi connectivity index (χ4n) is 3.09. The maximum absolute atomic E-state index is 12.1. The molecule has 0 spiro atoms. The first-order valence-corrected chi connectivity index (χ1v) is 8.41. The number of aryl methyl sites for hydroxylation is 1. The van der Waals surface area contributed by atoms with Crippen molar-refractivity contribution in [3.8, 4) is 0 Å². The van der Waals surface area contributed by atoms with Crippen LogP contribution < -0.4 is 5.32 Å². The number of hydrogen-bond acceptors (Lipinski definition) is 5. The van der Waals surface area contributed by atoms with Crippen molar-refractivity contribution in [3.63, 3.8) is 0 Å². The van der Waals surface area contributed by atoms with Gasteiger partial charge in [-0.2, -0.15) is 0 Å². The minimum absolute atomic E-state index is 0.0354. The third-order valence-corrected chi connectivity index (χ3v) is 4.54. The Morgan fingerprint density at radius 1 is 1.46 bits per heavy atom. The van der Waals surface area contributed by atoms with Gasteiger partial charge in [-0.25, -0.2) is 0 Å². The van der Waals surface area contributed by atoms with E-state index >= 15 is 0 Å². The van der Waals surface area contributed by atoms with Crippen LogP contribution in [0.3, 0.4) is 0 Å². The van der Waals surface area contributed by atoms with Crippen molar-refractivity contribution < 1.29 is 14.8 Å². The molecule has 0 saturated carbocycles. The number of nitrogens with one attached hydrogen (secondary N) is 1. The third-order valence-electron chi connectivity index (χ3n) is 4.54. The molecule has 1 saturated heterocycles. The highest BCUT2D eigenvalue weighted by Crippen LogP contribution is 2.19. The van der Waals surface area contributed by atoms with Gasteiger partial charge in [-0.1, -0.05) is 6.07 Å². The zero-order chi connectivity index (χ0) is 17.5. The van der Waals surface area contributed by atoms with Gasteiger partial charge in [0, 0.05) is 29.8 Å². The highest BCUT2D eigenvalue weighted by molar-refractivity contribution is 5.94. The van der Waals surface area contributed by atoms with Gasteiger partial charge in [-0.3, -0.25) is 19.8 Å². The summed E-state index contributed by atoms with van der Waals surface area (Å²) >= 11 is 0. The number of aliphatic hydroxyl groups excluding tert-OH is 1. The summed E-state index contributed by atoms with van der Waals surface area (Å²) in [5.41, 5.74) is 0.819. The summed E-state index contributed by atoms with van der Waals surface area (Å²) in [6, 6.07) is 4.80. The Morgan fingerprint density at radius 3 is 2.96 bits per heavy atom.